The summed E-state index contributed by atoms with van der Waals surface area (Å²) in [5.74, 6) is 0.503. The van der Waals surface area contributed by atoms with Gasteiger partial charge in [0.15, 0.2) is 11.9 Å². The molecule has 1 aliphatic rings. The first-order valence-electron chi connectivity index (χ1n) is 21.9. The van der Waals surface area contributed by atoms with Gasteiger partial charge < -0.3 is 72.3 Å². The summed E-state index contributed by atoms with van der Waals surface area (Å²) >= 11 is 13.0. The molecule has 380 valence electrons. The Morgan fingerprint density at radius 1 is 0.794 bits per heavy atom. The molecule has 3 aromatic heterocycles. The summed E-state index contributed by atoms with van der Waals surface area (Å²) in [6.45, 7) is 8.58. The molecule has 0 spiro atoms. The molecule has 1 saturated heterocycles. The summed E-state index contributed by atoms with van der Waals surface area (Å²) in [6.07, 6.45) is -2.47. The highest BCUT2D eigenvalue weighted by atomic mass is 35.5. The molecule has 4 aromatic rings. The molecule has 4 heterocycles. The lowest BCUT2D eigenvalue weighted by Crippen LogP contribution is -2.34. The van der Waals surface area contributed by atoms with E-state index in [1.807, 2.05) is 23.1 Å². The Morgan fingerprint density at radius 2 is 1.40 bits per heavy atom. The van der Waals surface area contributed by atoms with Crippen molar-refractivity contribution in [3.05, 3.63) is 58.2 Å². The van der Waals surface area contributed by atoms with E-state index in [9.17, 15) is 19.6 Å². The van der Waals surface area contributed by atoms with E-state index in [1.54, 1.807) is 16.9 Å². The lowest BCUT2D eigenvalue weighted by Gasteiger charge is -2.25. The standard InChI is InChI=1S/C41H61Cl2N8O16P/c1-30(52)6-9-58-12-15-61-18-19-63-17-14-60-11-8-50-26-32(47-48-50)27-65-23-22-64-21-20-62-16-13-59-10-7-49(25-31-4-2-3-5-34(31)42)38-33-24-44-51(39(33)46-41(43)45-38)40-37(54)36(53)35(67-40)28-66-29-68(55,56)57/h2-5,24,26,35-37,40,53-54H,6-23,25,27-29H2,1H3,(H2,55,56,57)/t35-,36-,37-,40-/m1/s1. The number of halogens is 2. The number of benzene rings is 1. The topological polar surface area (TPSA) is 285 Å². The molecule has 4 atom stereocenters. The number of carbonyl (C=O) groups is 1. The van der Waals surface area contributed by atoms with Crippen molar-refractivity contribution in [3.8, 4) is 0 Å². The fraction of sp³-hybridized carbons (Fsp3) is 0.659. The normalized spacial score (nSPS) is 17.5. The highest BCUT2D eigenvalue weighted by Crippen LogP contribution is 2.37. The van der Waals surface area contributed by atoms with E-state index in [0.29, 0.717) is 147 Å². The van der Waals surface area contributed by atoms with Crippen LogP contribution in [0.5, 0.6) is 0 Å². The van der Waals surface area contributed by atoms with E-state index in [0.717, 1.165) is 5.56 Å². The first-order chi connectivity index (χ1) is 32.9. The van der Waals surface area contributed by atoms with Gasteiger partial charge in [-0.05, 0) is 30.2 Å². The van der Waals surface area contributed by atoms with Crippen LogP contribution in [0.1, 0.15) is 30.8 Å². The second-order valence-corrected chi connectivity index (χ2v) is 17.5. The van der Waals surface area contributed by atoms with Gasteiger partial charge in [-0.3, -0.25) is 9.36 Å². The summed E-state index contributed by atoms with van der Waals surface area (Å²) in [6, 6.07) is 7.35. The largest absolute Gasteiger partial charge is 0.387 e. The van der Waals surface area contributed by atoms with Crippen molar-refractivity contribution >= 4 is 53.4 Å². The number of carbonyl (C=O) groups excluding carboxylic acids is 1. The molecule has 0 radical (unpaired) electrons. The fourth-order valence-corrected chi connectivity index (χ4v) is 7.12. The van der Waals surface area contributed by atoms with Gasteiger partial charge in [0.1, 0.15) is 42.0 Å². The van der Waals surface area contributed by atoms with Crippen LogP contribution in [0.15, 0.2) is 36.7 Å². The average molecular weight is 1020 g/mol. The summed E-state index contributed by atoms with van der Waals surface area (Å²) < 4.78 is 69.7. The third-order valence-electron chi connectivity index (χ3n) is 9.78. The molecule has 0 saturated carbocycles. The van der Waals surface area contributed by atoms with Gasteiger partial charge in [0.2, 0.25) is 5.28 Å². The Kier molecular flexibility index (Phi) is 24.8. The zero-order valence-corrected chi connectivity index (χ0v) is 40.2. The van der Waals surface area contributed by atoms with E-state index in [2.05, 4.69) is 25.4 Å². The summed E-state index contributed by atoms with van der Waals surface area (Å²) in [7, 11) is -4.46. The van der Waals surface area contributed by atoms with Crippen molar-refractivity contribution in [1.29, 1.82) is 0 Å². The third kappa shape index (κ3) is 19.8. The Bertz CT molecular complexity index is 2120. The third-order valence-corrected chi connectivity index (χ3v) is 10.8. The monoisotopic (exact) mass is 1020 g/mol. The van der Waals surface area contributed by atoms with E-state index in [1.165, 1.54) is 17.8 Å². The molecule has 1 aliphatic heterocycles. The Labute approximate surface area is 403 Å². The van der Waals surface area contributed by atoms with Gasteiger partial charge in [-0.2, -0.15) is 15.1 Å². The van der Waals surface area contributed by atoms with Crippen LogP contribution < -0.4 is 4.90 Å². The molecular formula is C41H61Cl2N8O16P. The first kappa shape index (κ1) is 55.6. The maximum Gasteiger partial charge on any atom is 0.350 e. The van der Waals surface area contributed by atoms with Gasteiger partial charge >= 0.3 is 7.60 Å². The number of aromatic nitrogens is 7. The van der Waals surface area contributed by atoms with Crippen LogP contribution in [0.4, 0.5) is 5.82 Å². The summed E-state index contributed by atoms with van der Waals surface area (Å²) in [4.78, 5) is 39.8. The fourth-order valence-electron chi connectivity index (χ4n) is 6.42. The zero-order valence-electron chi connectivity index (χ0n) is 37.8. The minimum Gasteiger partial charge on any atom is -0.387 e. The van der Waals surface area contributed by atoms with Gasteiger partial charge in [-0.15, -0.1) is 5.10 Å². The number of hydrogen-bond acceptors (Lipinski definition) is 20. The number of Topliss-reactive ketones (excluding diaryl/α,β-unsaturated/α-hetero) is 1. The van der Waals surface area contributed by atoms with Gasteiger partial charge in [0.25, 0.3) is 0 Å². The van der Waals surface area contributed by atoms with Crippen molar-refractivity contribution in [3.63, 3.8) is 0 Å². The molecule has 68 heavy (non-hydrogen) atoms. The Balaban J connectivity index is 0.935. The number of aliphatic hydroxyl groups is 2. The number of fused-ring (bicyclic) bond motifs is 1. The minimum atomic E-state index is -4.46. The van der Waals surface area contributed by atoms with E-state index >= 15 is 0 Å². The molecule has 0 aliphatic carbocycles. The van der Waals surface area contributed by atoms with Crippen LogP contribution in [0.25, 0.3) is 11.0 Å². The minimum absolute atomic E-state index is 0.105. The number of ether oxygens (including phenoxy) is 10. The van der Waals surface area contributed by atoms with E-state index < -0.39 is 45.1 Å². The van der Waals surface area contributed by atoms with Crippen LogP contribution in [0, 0.1) is 0 Å². The van der Waals surface area contributed by atoms with E-state index in [4.69, 9.17) is 80.4 Å². The van der Waals surface area contributed by atoms with Crippen LogP contribution in [0.2, 0.25) is 10.3 Å². The van der Waals surface area contributed by atoms with Gasteiger partial charge in [-0.25, -0.2) is 9.36 Å². The van der Waals surface area contributed by atoms with Gasteiger partial charge in [0, 0.05) is 24.5 Å². The number of nitrogens with zero attached hydrogens (tertiary/aromatic N) is 8. The second kappa shape index (κ2) is 30.4. The Hall–Kier alpha value is -3.37. The van der Waals surface area contributed by atoms with Gasteiger partial charge in [0.05, 0.1) is 137 Å². The van der Waals surface area contributed by atoms with Crippen LogP contribution in [-0.4, -0.2) is 197 Å². The van der Waals surface area contributed by atoms with Crippen molar-refractivity contribution in [2.45, 2.75) is 57.6 Å². The van der Waals surface area contributed by atoms with Crippen molar-refractivity contribution in [2.75, 3.05) is 124 Å². The number of aliphatic hydroxyl groups excluding tert-OH is 2. The molecule has 1 aromatic carbocycles. The summed E-state index contributed by atoms with van der Waals surface area (Å²) in [5.41, 5.74) is 1.70. The highest BCUT2D eigenvalue weighted by molar-refractivity contribution is 7.51. The maximum atomic E-state index is 11.2. The zero-order chi connectivity index (χ0) is 48.6. The number of anilines is 1. The molecule has 24 nitrogen and oxygen atoms in total. The number of rotatable bonds is 37. The second-order valence-electron chi connectivity index (χ2n) is 15.1. The lowest BCUT2D eigenvalue weighted by molar-refractivity contribution is -0.118. The highest BCUT2D eigenvalue weighted by Gasteiger charge is 2.45. The SMILES string of the molecule is CC(=O)CCOCCOCCOCCOCCn1cc(COCCOCCOCCOCCN(Cc2ccccc2Cl)c2nc(Cl)nc3c2cnn3[C@@H]2O[C@H](COCP(=O)(O)O)[C@@H](O)[C@H]2O)nn1. The first-order valence-corrected chi connectivity index (χ1v) is 24.5. The van der Waals surface area contributed by atoms with Crippen LogP contribution in [-0.2, 0) is 76.4 Å². The molecule has 5 rings (SSSR count). The van der Waals surface area contributed by atoms with Crippen LogP contribution in [0.3, 0.4) is 0 Å². The van der Waals surface area contributed by atoms with Gasteiger partial charge in [-0.1, -0.05) is 35.0 Å². The predicted octanol–water partition coefficient (Wildman–Crippen LogP) is 1.81. The average Bonchev–Trinajstić information content (AvgIpc) is 4.01. The van der Waals surface area contributed by atoms with Crippen molar-refractivity contribution < 1.29 is 76.7 Å². The van der Waals surface area contributed by atoms with E-state index in [-0.39, 0.29) is 23.3 Å². The maximum absolute atomic E-state index is 11.2. The smallest absolute Gasteiger partial charge is 0.350 e. The molecular weight excluding hydrogens is 962 g/mol. The molecule has 0 amide bonds. The Morgan fingerprint density at radius 3 is 2.03 bits per heavy atom. The number of ketones is 1. The lowest BCUT2D eigenvalue weighted by atomic mass is 10.1. The van der Waals surface area contributed by atoms with Crippen molar-refractivity contribution in [2.24, 2.45) is 0 Å². The molecule has 0 unspecified atom stereocenters. The molecule has 0 bridgehead atoms. The van der Waals surface area contributed by atoms with Crippen LogP contribution >= 0.6 is 30.8 Å². The van der Waals surface area contributed by atoms with Crippen molar-refractivity contribution in [1.82, 2.24) is 34.7 Å². The summed E-state index contributed by atoms with van der Waals surface area (Å²) in [5, 5.41) is 35.0. The molecule has 1 fully saturated rings. The molecule has 27 heteroatoms. The number of hydrogen-bond donors (Lipinski definition) is 4. The predicted molar refractivity (Wildman–Crippen MR) is 242 cm³/mol. The quantitative estimate of drug-likeness (QED) is 0.0285. The molecule has 4 N–H and O–H groups in total.